The molecular formula is C8H16FNO2S. The van der Waals surface area contributed by atoms with Crippen LogP contribution < -0.4 is 0 Å². The molecule has 0 radical (unpaired) electrons. The molecule has 0 aliphatic carbocycles. The van der Waals surface area contributed by atoms with Gasteiger partial charge in [-0.15, -0.1) is 0 Å². The molecule has 3 nitrogen and oxygen atoms in total. The third-order valence-corrected chi connectivity index (χ3v) is 4.75. The summed E-state index contributed by atoms with van der Waals surface area (Å²) in [6.07, 6.45) is 1.43. The van der Waals surface area contributed by atoms with Gasteiger partial charge in [0.2, 0.25) is 10.0 Å². The van der Waals surface area contributed by atoms with E-state index in [1.165, 1.54) is 4.31 Å². The number of sulfonamides is 1. The van der Waals surface area contributed by atoms with Gasteiger partial charge in [-0.25, -0.2) is 12.8 Å². The van der Waals surface area contributed by atoms with Crippen LogP contribution in [0.1, 0.15) is 26.7 Å². The van der Waals surface area contributed by atoms with Crippen LogP contribution in [0, 0.1) is 0 Å². The molecule has 1 rings (SSSR count). The lowest BCUT2D eigenvalue weighted by atomic mass is 10.2. The maximum atomic E-state index is 12.4. The summed E-state index contributed by atoms with van der Waals surface area (Å²) in [6, 6.07) is -0.410. The molecule has 0 aromatic rings. The Hall–Kier alpha value is -0.160. The first-order valence-corrected chi connectivity index (χ1v) is 6.07. The zero-order valence-corrected chi connectivity index (χ0v) is 8.85. The number of alkyl halides is 1. The van der Waals surface area contributed by atoms with Crippen LogP contribution >= 0.6 is 0 Å². The van der Waals surface area contributed by atoms with E-state index in [1.807, 2.05) is 0 Å². The Morgan fingerprint density at radius 3 is 2.62 bits per heavy atom. The van der Waals surface area contributed by atoms with Gasteiger partial charge in [0, 0.05) is 6.54 Å². The third-order valence-electron chi connectivity index (χ3n) is 2.42. The summed E-state index contributed by atoms with van der Waals surface area (Å²) in [7, 11) is -3.24. The molecule has 0 spiro atoms. The van der Waals surface area contributed by atoms with Crippen molar-refractivity contribution in [3.05, 3.63) is 0 Å². The molecular weight excluding hydrogens is 193 g/mol. The molecule has 1 heterocycles. The Kier molecular flexibility index (Phi) is 3.29. The smallest absolute Gasteiger partial charge is 0.216 e. The molecule has 0 aromatic carbocycles. The highest BCUT2D eigenvalue weighted by molar-refractivity contribution is 7.89. The van der Waals surface area contributed by atoms with E-state index in [-0.39, 0.29) is 0 Å². The van der Waals surface area contributed by atoms with Gasteiger partial charge in [0.25, 0.3) is 0 Å². The molecule has 5 heteroatoms. The maximum absolute atomic E-state index is 12.4. The van der Waals surface area contributed by atoms with Crippen molar-refractivity contribution in [1.82, 2.24) is 4.31 Å². The quantitative estimate of drug-likeness (QED) is 0.699. The van der Waals surface area contributed by atoms with Gasteiger partial charge < -0.3 is 0 Å². The van der Waals surface area contributed by atoms with Crippen LogP contribution in [0.5, 0.6) is 0 Å². The van der Waals surface area contributed by atoms with E-state index >= 15 is 0 Å². The molecule has 0 N–H and O–H groups in total. The monoisotopic (exact) mass is 209 g/mol. The van der Waals surface area contributed by atoms with Crippen molar-refractivity contribution in [3.8, 4) is 0 Å². The fourth-order valence-electron chi connectivity index (χ4n) is 1.57. The van der Waals surface area contributed by atoms with Gasteiger partial charge in [0.15, 0.2) is 0 Å². The lowest BCUT2D eigenvalue weighted by Crippen LogP contribution is -2.40. The second-order valence-electron chi connectivity index (χ2n) is 3.65. The first-order valence-electron chi connectivity index (χ1n) is 4.56. The molecule has 0 saturated carbocycles. The van der Waals surface area contributed by atoms with Crippen molar-refractivity contribution >= 4 is 10.0 Å². The molecule has 1 unspecified atom stereocenters. The Morgan fingerprint density at radius 1 is 1.54 bits per heavy atom. The number of hydrogen-bond acceptors (Lipinski definition) is 2. The standard InChI is InChI=1S/C8H16FNO2S/c1-7(2)13(11,12)10-5-3-4-8(10)6-9/h7-8H,3-6H2,1-2H3. The second-order valence-corrected chi connectivity index (χ2v) is 6.10. The van der Waals surface area contributed by atoms with Crippen molar-refractivity contribution in [2.75, 3.05) is 13.2 Å². The first-order chi connectivity index (χ1) is 6.00. The zero-order valence-electron chi connectivity index (χ0n) is 8.03. The molecule has 1 aliphatic heterocycles. The first kappa shape index (κ1) is 10.9. The maximum Gasteiger partial charge on any atom is 0.216 e. The summed E-state index contributed by atoms with van der Waals surface area (Å²) in [6.45, 7) is 3.17. The Balaban J connectivity index is 2.82. The molecule has 1 aliphatic rings. The predicted octanol–water partition coefficient (Wildman–Crippen LogP) is 1.16. The highest BCUT2D eigenvalue weighted by Crippen LogP contribution is 2.23. The average Bonchev–Trinajstić information content (AvgIpc) is 2.51. The van der Waals surface area contributed by atoms with Crippen molar-refractivity contribution in [2.45, 2.75) is 38.0 Å². The fraction of sp³-hybridized carbons (Fsp3) is 1.00. The molecule has 0 bridgehead atoms. The minimum Gasteiger partial charge on any atom is -0.249 e. The van der Waals surface area contributed by atoms with Crippen LogP contribution in [0.2, 0.25) is 0 Å². The van der Waals surface area contributed by atoms with Gasteiger partial charge in [-0.1, -0.05) is 0 Å². The number of nitrogens with zero attached hydrogens (tertiary/aromatic N) is 1. The van der Waals surface area contributed by atoms with E-state index in [0.29, 0.717) is 13.0 Å². The summed E-state index contributed by atoms with van der Waals surface area (Å²) in [5.41, 5.74) is 0. The van der Waals surface area contributed by atoms with E-state index in [0.717, 1.165) is 6.42 Å². The van der Waals surface area contributed by atoms with Gasteiger partial charge in [-0.2, -0.15) is 4.31 Å². The van der Waals surface area contributed by atoms with Gasteiger partial charge in [0.05, 0.1) is 11.3 Å². The van der Waals surface area contributed by atoms with Crippen molar-refractivity contribution in [2.24, 2.45) is 0 Å². The molecule has 78 valence electrons. The topological polar surface area (TPSA) is 37.4 Å². The van der Waals surface area contributed by atoms with Crippen molar-refractivity contribution in [1.29, 1.82) is 0 Å². The Morgan fingerprint density at radius 2 is 2.15 bits per heavy atom. The van der Waals surface area contributed by atoms with E-state index in [1.54, 1.807) is 13.8 Å². The number of hydrogen-bond donors (Lipinski definition) is 0. The van der Waals surface area contributed by atoms with Gasteiger partial charge in [-0.05, 0) is 26.7 Å². The number of halogens is 1. The van der Waals surface area contributed by atoms with Crippen molar-refractivity contribution < 1.29 is 12.8 Å². The lowest BCUT2D eigenvalue weighted by Gasteiger charge is -2.23. The van der Waals surface area contributed by atoms with Crippen LogP contribution in [0.15, 0.2) is 0 Å². The summed E-state index contributed by atoms with van der Waals surface area (Å²) in [5.74, 6) is 0. The van der Waals surface area contributed by atoms with E-state index < -0.39 is 28.0 Å². The molecule has 0 aromatic heterocycles. The van der Waals surface area contributed by atoms with E-state index in [2.05, 4.69) is 0 Å². The molecule has 1 atom stereocenters. The van der Waals surface area contributed by atoms with Crippen LogP contribution in [0.3, 0.4) is 0 Å². The lowest BCUT2D eigenvalue weighted by molar-refractivity contribution is 0.310. The van der Waals surface area contributed by atoms with Crippen molar-refractivity contribution in [3.63, 3.8) is 0 Å². The molecule has 1 fully saturated rings. The van der Waals surface area contributed by atoms with Crippen LogP contribution in [0.4, 0.5) is 4.39 Å². The average molecular weight is 209 g/mol. The second kappa shape index (κ2) is 3.92. The minimum atomic E-state index is -3.24. The van der Waals surface area contributed by atoms with E-state index in [9.17, 15) is 12.8 Å². The third kappa shape index (κ3) is 2.02. The number of rotatable bonds is 3. The molecule has 0 amide bonds. The predicted molar refractivity (Wildman–Crippen MR) is 49.8 cm³/mol. The van der Waals surface area contributed by atoms with E-state index in [4.69, 9.17) is 0 Å². The summed E-state index contributed by atoms with van der Waals surface area (Å²) < 4.78 is 37.1. The molecule has 13 heavy (non-hydrogen) atoms. The Bertz CT molecular complexity index is 263. The highest BCUT2D eigenvalue weighted by atomic mass is 32.2. The highest BCUT2D eigenvalue weighted by Gasteiger charge is 2.35. The summed E-state index contributed by atoms with van der Waals surface area (Å²) in [5, 5.41) is -0.445. The minimum absolute atomic E-state index is 0.410. The normalized spacial score (nSPS) is 25.7. The van der Waals surface area contributed by atoms with Crippen LogP contribution in [-0.4, -0.2) is 37.2 Å². The largest absolute Gasteiger partial charge is 0.249 e. The summed E-state index contributed by atoms with van der Waals surface area (Å²) >= 11 is 0. The van der Waals surface area contributed by atoms with Crippen LogP contribution in [-0.2, 0) is 10.0 Å². The Labute approximate surface area is 79.0 Å². The van der Waals surface area contributed by atoms with Crippen LogP contribution in [0.25, 0.3) is 0 Å². The SMILES string of the molecule is CC(C)S(=O)(=O)N1CCCC1CF. The zero-order chi connectivity index (χ0) is 10.1. The summed E-state index contributed by atoms with van der Waals surface area (Å²) in [4.78, 5) is 0. The van der Waals surface area contributed by atoms with Gasteiger partial charge in [-0.3, -0.25) is 0 Å². The van der Waals surface area contributed by atoms with Gasteiger partial charge >= 0.3 is 0 Å². The fourth-order valence-corrected chi connectivity index (χ4v) is 3.07. The van der Waals surface area contributed by atoms with Gasteiger partial charge in [0.1, 0.15) is 6.67 Å². The molecule has 1 saturated heterocycles.